The number of piperidine rings is 1. The van der Waals surface area contributed by atoms with Gasteiger partial charge in [-0.3, -0.25) is 19.3 Å². The molecule has 0 spiro atoms. The largest absolute Gasteiger partial charge is 0.358 e. The van der Waals surface area contributed by atoms with Gasteiger partial charge >= 0.3 is 0 Å². The second kappa shape index (κ2) is 7.93. The SMILES string of the molecule is O=C(CN1C(=O)C2CCCCN2c2ccc(C(=O)N3CCCC3)cc21)N1CCCC1. The first-order chi connectivity index (χ1) is 14.6. The van der Waals surface area contributed by atoms with E-state index in [4.69, 9.17) is 0 Å². The summed E-state index contributed by atoms with van der Waals surface area (Å²) in [4.78, 5) is 46.9. The van der Waals surface area contributed by atoms with Gasteiger partial charge in [0.2, 0.25) is 11.8 Å². The maximum Gasteiger partial charge on any atom is 0.253 e. The number of benzene rings is 1. The molecule has 7 nitrogen and oxygen atoms in total. The monoisotopic (exact) mass is 410 g/mol. The van der Waals surface area contributed by atoms with Crippen molar-refractivity contribution in [2.45, 2.75) is 51.0 Å². The van der Waals surface area contributed by atoms with Crippen LogP contribution >= 0.6 is 0 Å². The summed E-state index contributed by atoms with van der Waals surface area (Å²) in [5, 5.41) is 0. The molecule has 0 N–H and O–H groups in total. The van der Waals surface area contributed by atoms with Crippen LogP contribution in [0.4, 0.5) is 11.4 Å². The van der Waals surface area contributed by atoms with E-state index in [0.717, 1.165) is 89.0 Å². The maximum atomic E-state index is 13.4. The molecule has 4 aliphatic rings. The number of nitrogens with zero attached hydrogens (tertiary/aromatic N) is 4. The van der Waals surface area contributed by atoms with E-state index in [0.29, 0.717) is 5.56 Å². The van der Waals surface area contributed by atoms with Crippen LogP contribution in [0.15, 0.2) is 18.2 Å². The van der Waals surface area contributed by atoms with E-state index in [9.17, 15) is 14.4 Å². The van der Waals surface area contributed by atoms with Gasteiger partial charge in [-0.05, 0) is 63.1 Å². The van der Waals surface area contributed by atoms with Gasteiger partial charge in [0, 0.05) is 38.3 Å². The Morgan fingerprint density at radius 1 is 0.833 bits per heavy atom. The Morgan fingerprint density at radius 3 is 2.23 bits per heavy atom. The Kier molecular flexibility index (Phi) is 5.13. The minimum atomic E-state index is -0.197. The van der Waals surface area contributed by atoms with Gasteiger partial charge in [0.05, 0.1) is 11.4 Å². The lowest BCUT2D eigenvalue weighted by Crippen LogP contribution is -2.57. The van der Waals surface area contributed by atoms with Crippen molar-refractivity contribution in [3.05, 3.63) is 23.8 Å². The highest BCUT2D eigenvalue weighted by molar-refractivity contribution is 6.09. The van der Waals surface area contributed by atoms with E-state index < -0.39 is 0 Å². The molecule has 1 aromatic carbocycles. The fourth-order valence-electron chi connectivity index (χ4n) is 5.36. The molecule has 7 heteroatoms. The second-order valence-corrected chi connectivity index (χ2v) is 8.92. The summed E-state index contributed by atoms with van der Waals surface area (Å²) in [6.45, 7) is 4.04. The van der Waals surface area contributed by atoms with Crippen molar-refractivity contribution in [1.82, 2.24) is 9.80 Å². The first kappa shape index (κ1) is 19.4. The first-order valence-corrected chi connectivity index (χ1v) is 11.4. The van der Waals surface area contributed by atoms with Gasteiger partial charge in [0.25, 0.3) is 5.91 Å². The topological polar surface area (TPSA) is 64.2 Å². The Balaban J connectivity index is 1.49. The van der Waals surface area contributed by atoms with Crippen LogP contribution in [0, 0.1) is 0 Å². The standard InChI is InChI=1S/C23H30N4O3/c28-21(24-10-3-4-11-24)16-27-20-15-17(22(29)25-12-5-6-13-25)8-9-18(20)26-14-2-1-7-19(26)23(27)30/h8-9,15,19H,1-7,10-14,16H2. The molecule has 0 aliphatic carbocycles. The summed E-state index contributed by atoms with van der Waals surface area (Å²) in [6.07, 6.45) is 7.05. The summed E-state index contributed by atoms with van der Waals surface area (Å²) >= 11 is 0. The Hall–Kier alpha value is -2.57. The molecule has 4 aliphatic heterocycles. The summed E-state index contributed by atoms with van der Waals surface area (Å²) in [6, 6.07) is 5.52. The molecule has 160 valence electrons. The third-order valence-corrected chi connectivity index (χ3v) is 7.02. The summed E-state index contributed by atoms with van der Waals surface area (Å²) in [5.74, 6) is 0.0298. The third kappa shape index (κ3) is 3.34. The molecule has 1 unspecified atom stereocenters. The van der Waals surface area contributed by atoms with E-state index in [1.54, 1.807) is 4.90 Å². The summed E-state index contributed by atoms with van der Waals surface area (Å²) in [5.41, 5.74) is 2.31. The van der Waals surface area contributed by atoms with Crippen molar-refractivity contribution in [2.75, 3.05) is 49.1 Å². The minimum Gasteiger partial charge on any atom is -0.358 e. The molecule has 1 atom stereocenters. The zero-order valence-electron chi connectivity index (χ0n) is 17.5. The third-order valence-electron chi connectivity index (χ3n) is 7.02. The zero-order chi connectivity index (χ0) is 20.7. The zero-order valence-corrected chi connectivity index (χ0v) is 17.5. The number of fused-ring (bicyclic) bond motifs is 3. The number of likely N-dealkylation sites (tertiary alicyclic amines) is 2. The lowest BCUT2D eigenvalue weighted by molar-refractivity contribution is -0.131. The highest BCUT2D eigenvalue weighted by Crippen LogP contribution is 2.40. The Bertz CT molecular complexity index is 858. The molecule has 0 aromatic heterocycles. The lowest BCUT2D eigenvalue weighted by Gasteiger charge is -2.45. The number of rotatable bonds is 3. The Morgan fingerprint density at radius 2 is 1.50 bits per heavy atom. The average Bonchev–Trinajstić information content (AvgIpc) is 3.50. The van der Waals surface area contributed by atoms with Crippen molar-refractivity contribution < 1.29 is 14.4 Å². The van der Waals surface area contributed by atoms with Crippen LogP contribution in [0.3, 0.4) is 0 Å². The molecule has 0 saturated carbocycles. The van der Waals surface area contributed by atoms with Crippen molar-refractivity contribution in [3.8, 4) is 0 Å². The average molecular weight is 411 g/mol. The maximum absolute atomic E-state index is 13.4. The number of anilines is 2. The number of hydrogen-bond donors (Lipinski definition) is 0. The van der Waals surface area contributed by atoms with Crippen molar-refractivity contribution in [1.29, 1.82) is 0 Å². The molecular weight excluding hydrogens is 380 g/mol. The van der Waals surface area contributed by atoms with Gasteiger partial charge in [-0.1, -0.05) is 0 Å². The van der Waals surface area contributed by atoms with Crippen LogP contribution in [-0.2, 0) is 9.59 Å². The summed E-state index contributed by atoms with van der Waals surface area (Å²) < 4.78 is 0. The van der Waals surface area contributed by atoms with Crippen LogP contribution in [0.1, 0.15) is 55.3 Å². The van der Waals surface area contributed by atoms with E-state index in [2.05, 4.69) is 4.90 Å². The number of carbonyl (C=O) groups excluding carboxylic acids is 3. The molecule has 0 radical (unpaired) electrons. The number of carbonyl (C=O) groups is 3. The van der Waals surface area contributed by atoms with Gasteiger partial charge in [-0.2, -0.15) is 0 Å². The smallest absolute Gasteiger partial charge is 0.253 e. The van der Waals surface area contributed by atoms with Gasteiger partial charge in [-0.15, -0.1) is 0 Å². The van der Waals surface area contributed by atoms with Crippen LogP contribution < -0.4 is 9.80 Å². The highest BCUT2D eigenvalue weighted by atomic mass is 16.2. The predicted molar refractivity (Wildman–Crippen MR) is 115 cm³/mol. The Labute approximate surface area is 177 Å². The molecule has 5 rings (SSSR count). The van der Waals surface area contributed by atoms with Gasteiger partial charge in [-0.25, -0.2) is 0 Å². The normalized spacial score (nSPS) is 23.6. The fourth-order valence-corrected chi connectivity index (χ4v) is 5.36. The number of hydrogen-bond acceptors (Lipinski definition) is 4. The van der Waals surface area contributed by atoms with Crippen molar-refractivity contribution in [3.63, 3.8) is 0 Å². The molecule has 0 bridgehead atoms. The van der Waals surface area contributed by atoms with Gasteiger partial charge in [0.1, 0.15) is 12.6 Å². The van der Waals surface area contributed by atoms with Crippen LogP contribution in [0.2, 0.25) is 0 Å². The second-order valence-electron chi connectivity index (χ2n) is 8.92. The molecule has 4 heterocycles. The van der Waals surface area contributed by atoms with Crippen LogP contribution in [-0.4, -0.2) is 72.8 Å². The summed E-state index contributed by atoms with van der Waals surface area (Å²) in [7, 11) is 0. The molecule has 3 amide bonds. The van der Waals surface area contributed by atoms with Crippen LogP contribution in [0.5, 0.6) is 0 Å². The van der Waals surface area contributed by atoms with E-state index >= 15 is 0 Å². The van der Waals surface area contributed by atoms with Gasteiger partial charge in [0.15, 0.2) is 0 Å². The fraction of sp³-hybridized carbons (Fsp3) is 0.609. The first-order valence-electron chi connectivity index (χ1n) is 11.4. The predicted octanol–water partition coefficient (Wildman–Crippen LogP) is 2.25. The van der Waals surface area contributed by atoms with E-state index in [1.807, 2.05) is 28.0 Å². The minimum absolute atomic E-state index is 0.000480. The van der Waals surface area contributed by atoms with Crippen LogP contribution in [0.25, 0.3) is 0 Å². The van der Waals surface area contributed by atoms with Gasteiger partial charge < -0.3 is 14.7 Å². The molecule has 30 heavy (non-hydrogen) atoms. The quantitative estimate of drug-likeness (QED) is 0.767. The molecule has 3 saturated heterocycles. The van der Waals surface area contributed by atoms with E-state index in [1.165, 1.54) is 0 Å². The van der Waals surface area contributed by atoms with Crippen molar-refractivity contribution >= 4 is 29.1 Å². The van der Waals surface area contributed by atoms with Crippen molar-refractivity contribution in [2.24, 2.45) is 0 Å². The highest BCUT2D eigenvalue weighted by Gasteiger charge is 2.41. The molecular formula is C23H30N4O3. The molecule has 3 fully saturated rings. The number of amides is 3. The van der Waals surface area contributed by atoms with E-state index in [-0.39, 0.29) is 30.3 Å². The molecule has 1 aromatic rings. The lowest BCUT2D eigenvalue weighted by atomic mass is 9.95.